The van der Waals surface area contributed by atoms with Crippen LogP contribution in [0.15, 0.2) is 216 Å². The highest BCUT2D eigenvalue weighted by Crippen LogP contribution is 2.48. The van der Waals surface area contributed by atoms with E-state index < -0.39 is 0 Å². The highest BCUT2D eigenvalue weighted by Gasteiger charge is 2.26. The predicted octanol–water partition coefficient (Wildman–Crippen LogP) is 14.8. The van der Waals surface area contributed by atoms with Gasteiger partial charge in [-0.25, -0.2) is 10.0 Å². The minimum absolute atomic E-state index is 0.831. The first-order valence-corrected chi connectivity index (χ1v) is 22.0. The topological polar surface area (TPSA) is 56.1 Å². The Labute approximate surface area is 375 Å². The molecular weight excluding hydrogens is 789 g/mol. The van der Waals surface area contributed by atoms with Gasteiger partial charge in [-0.1, -0.05) is 122 Å². The van der Waals surface area contributed by atoms with Crippen LogP contribution in [-0.2, 0) is 0 Å². The number of anilines is 8. The van der Waals surface area contributed by atoms with Crippen molar-refractivity contribution in [1.82, 2.24) is 0 Å². The van der Waals surface area contributed by atoms with E-state index in [0.29, 0.717) is 0 Å². The molecule has 0 unspecified atom stereocenters. The average molecular weight is 837 g/mol. The van der Waals surface area contributed by atoms with Crippen LogP contribution in [0.3, 0.4) is 0 Å². The summed E-state index contributed by atoms with van der Waals surface area (Å²) in [7, 11) is 0. The Hall–Kier alpha value is -8.10. The number of ether oxygens (including phenoxy) is 2. The number of benzene rings is 8. The first-order chi connectivity index (χ1) is 31.7. The largest absolute Gasteiger partial charge is 0.453 e. The zero-order valence-electron chi connectivity index (χ0n) is 35.5. The SMILES string of the molecule is C(=N\N(c1ccccc1)c1ccccc1)/c1ccc2c(c1)Oc1ccccc1N2CCCCCCN1c2ccccc2Oc2cc(/C=N/N(c3ccccc3)c3ccccc3)ccc21. The standard InChI is InChI=1S/C56H48N6O2/c1(19-37-59-49-29-15-17-31-53(49)63-55-39-43(33-35-51(55)59)41-57-61(45-21-7-3-8-22-45)46-23-9-4-10-24-46)2-20-38-60-50-30-16-18-32-54(50)64-56-40-44(34-36-52(56)60)42-58-62(47-25-11-5-12-26-47)48-27-13-6-14-28-48/h3-18,21-36,39-42H,1-2,19-20,37-38H2/b57-41+,58-42+. The lowest BCUT2D eigenvalue weighted by molar-refractivity contribution is 0.470. The summed E-state index contributed by atoms with van der Waals surface area (Å²) in [5.74, 6) is 3.39. The van der Waals surface area contributed by atoms with Crippen LogP contribution in [0.5, 0.6) is 23.0 Å². The molecule has 0 aliphatic carbocycles. The number of hydrogen-bond donors (Lipinski definition) is 0. The molecule has 0 aromatic heterocycles. The molecule has 8 aromatic carbocycles. The first kappa shape index (κ1) is 40.0. The van der Waals surface area contributed by atoms with E-state index in [0.717, 1.165) is 118 Å². The summed E-state index contributed by atoms with van der Waals surface area (Å²) in [5, 5.41) is 13.8. The Morgan fingerprint density at radius 3 is 1.05 bits per heavy atom. The van der Waals surface area contributed by atoms with Crippen LogP contribution in [-0.4, -0.2) is 25.5 Å². The molecule has 0 bridgehead atoms. The normalized spacial score (nSPS) is 12.5. The van der Waals surface area contributed by atoms with E-state index in [9.17, 15) is 0 Å². The van der Waals surface area contributed by atoms with Crippen molar-refractivity contribution in [1.29, 1.82) is 0 Å². The molecule has 2 heterocycles. The van der Waals surface area contributed by atoms with Gasteiger partial charge in [0.15, 0.2) is 23.0 Å². The number of hydrazone groups is 2. The fraction of sp³-hybridized carbons (Fsp3) is 0.107. The van der Waals surface area contributed by atoms with Gasteiger partial charge in [0, 0.05) is 13.1 Å². The molecule has 0 saturated heterocycles. The molecule has 0 saturated carbocycles. The van der Waals surface area contributed by atoms with Gasteiger partial charge in [0.2, 0.25) is 0 Å². The third kappa shape index (κ3) is 8.80. The first-order valence-electron chi connectivity index (χ1n) is 22.0. The van der Waals surface area contributed by atoms with E-state index in [1.165, 1.54) is 0 Å². The van der Waals surface area contributed by atoms with Gasteiger partial charge < -0.3 is 19.3 Å². The average Bonchev–Trinajstić information content (AvgIpc) is 3.35. The number of rotatable bonds is 15. The Kier molecular flexibility index (Phi) is 11.8. The quantitative estimate of drug-likeness (QED) is 0.0582. The molecule has 0 atom stereocenters. The molecule has 0 spiro atoms. The number of unbranched alkanes of at least 4 members (excludes halogenated alkanes) is 3. The summed E-state index contributed by atoms with van der Waals surface area (Å²) in [5.41, 5.74) is 10.2. The summed E-state index contributed by atoms with van der Waals surface area (Å²) in [6, 6.07) is 70.2. The van der Waals surface area contributed by atoms with E-state index in [-0.39, 0.29) is 0 Å². The second kappa shape index (κ2) is 18.9. The van der Waals surface area contributed by atoms with Crippen molar-refractivity contribution < 1.29 is 9.47 Å². The van der Waals surface area contributed by atoms with Crippen molar-refractivity contribution in [2.45, 2.75) is 25.7 Å². The van der Waals surface area contributed by atoms with Gasteiger partial charge >= 0.3 is 0 Å². The molecule has 8 heteroatoms. The van der Waals surface area contributed by atoms with Gasteiger partial charge in [0.1, 0.15) is 0 Å². The van der Waals surface area contributed by atoms with Gasteiger partial charge in [0.05, 0.1) is 57.9 Å². The zero-order chi connectivity index (χ0) is 42.9. The van der Waals surface area contributed by atoms with Crippen molar-refractivity contribution in [2.75, 3.05) is 32.9 Å². The third-order valence-corrected chi connectivity index (χ3v) is 11.5. The fourth-order valence-electron chi connectivity index (χ4n) is 8.33. The second-order valence-electron chi connectivity index (χ2n) is 15.8. The third-order valence-electron chi connectivity index (χ3n) is 11.5. The Morgan fingerprint density at radius 2 is 0.672 bits per heavy atom. The van der Waals surface area contributed by atoms with Crippen LogP contribution < -0.4 is 29.3 Å². The van der Waals surface area contributed by atoms with Gasteiger partial charge in [-0.05, 0) is 121 Å². The lowest BCUT2D eigenvalue weighted by Crippen LogP contribution is -2.23. The van der Waals surface area contributed by atoms with Gasteiger partial charge in [-0.3, -0.25) is 0 Å². The van der Waals surface area contributed by atoms with Crippen LogP contribution in [0.2, 0.25) is 0 Å². The summed E-state index contributed by atoms with van der Waals surface area (Å²) in [6.07, 6.45) is 8.09. The van der Waals surface area contributed by atoms with Crippen molar-refractivity contribution in [3.05, 3.63) is 217 Å². The summed E-state index contributed by atoms with van der Waals surface area (Å²) in [4.78, 5) is 4.81. The highest BCUT2D eigenvalue weighted by atomic mass is 16.5. The molecule has 64 heavy (non-hydrogen) atoms. The molecule has 10 rings (SSSR count). The minimum atomic E-state index is 0.831. The second-order valence-corrected chi connectivity index (χ2v) is 15.8. The number of para-hydroxylation sites is 8. The van der Waals surface area contributed by atoms with E-state index in [4.69, 9.17) is 19.7 Å². The molecule has 8 nitrogen and oxygen atoms in total. The van der Waals surface area contributed by atoms with Crippen LogP contribution in [0.1, 0.15) is 36.8 Å². The lowest BCUT2D eigenvalue weighted by atomic mass is 10.1. The Morgan fingerprint density at radius 1 is 0.344 bits per heavy atom. The molecule has 8 aromatic rings. The van der Waals surface area contributed by atoms with Gasteiger partial charge in [0.25, 0.3) is 0 Å². The van der Waals surface area contributed by atoms with Crippen LogP contribution in [0, 0.1) is 0 Å². The number of nitrogens with zero attached hydrogens (tertiary/aromatic N) is 6. The smallest absolute Gasteiger partial charge is 0.151 e. The van der Waals surface area contributed by atoms with Crippen molar-refractivity contribution in [2.24, 2.45) is 10.2 Å². The number of fused-ring (bicyclic) bond motifs is 4. The summed E-state index contributed by atoms with van der Waals surface area (Å²) >= 11 is 0. The Bertz CT molecular complexity index is 2600. The molecule has 314 valence electrons. The number of hydrogen-bond acceptors (Lipinski definition) is 8. The monoisotopic (exact) mass is 836 g/mol. The van der Waals surface area contributed by atoms with Gasteiger partial charge in [-0.2, -0.15) is 10.2 Å². The summed E-state index contributed by atoms with van der Waals surface area (Å²) < 4.78 is 13.0. The molecule has 2 aliphatic heterocycles. The van der Waals surface area contributed by atoms with Crippen LogP contribution in [0.25, 0.3) is 0 Å². The van der Waals surface area contributed by atoms with E-state index in [2.05, 4.69) is 131 Å². The molecule has 2 aliphatic rings. The van der Waals surface area contributed by atoms with Gasteiger partial charge in [-0.15, -0.1) is 0 Å². The van der Waals surface area contributed by atoms with E-state index in [1.54, 1.807) is 0 Å². The molecule has 0 fully saturated rings. The van der Waals surface area contributed by atoms with Crippen molar-refractivity contribution in [3.63, 3.8) is 0 Å². The Balaban J connectivity index is 0.803. The predicted molar refractivity (Wildman–Crippen MR) is 264 cm³/mol. The van der Waals surface area contributed by atoms with Crippen LogP contribution >= 0.6 is 0 Å². The maximum absolute atomic E-state index is 6.52. The molecule has 0 radical (unpaired) electrons. The zero-order valence-corrected chi connectivity index (χ0v) is 35.5. The molecular formula is C56H48N6O2. The van der Waals surface area contributed by atoms with Crippen molar-refractivity contribution in [3.8, 4) is 23.0 Å². The molecule has 0 N–H and O–H groups in total. The van der Waals surface area contributed by atoms with E-state index >= 15 is 0 Å². The lowest BCUT2D eigenvalue weighted by Gasteiger charge is -2.33. The van der Waals surface area contributed by atoms with Crippen LogP contribution in [0.4, 0.5) is 45.5 Å². The van der Waals surface area contributed by atoms with Crippen molar-refractivity contribution >= 4 is 57.9 Å². The minimum Gasteiger partial charge on any atom is -0.453 e. The maximum atomic E-state index is 6.52. The van der Waals surface area contributed by atoms with E-state index in [1.807, 2.05) is 107 Å². The highest BCUT2D eigenvalue weighted by molar-refractivity contribution is 5.88. The maximum Gasteiger partial charge on any atom is 0.151 e. The molecule has 0 amide bonds. The fourth-order valence-corrected chi connectivity index (χ4v) is 8.33. The summed E-state index contributed by atoms with van der Waals surface area (Å²) in [6.45, 7) is 1.77.